The van der Waals surface area contributed by atoms with E-state index in [2.05, 4.69) is 12.1 Å². The normalized spacial score (nSPS) is 11.7. The zero-order valence-corrected chi connectivity index (χ0v) is 9.79. The van der Waals surface area contributed by atoms with E-state index in [9.17, 15) is 5.11 Å². The van der Waals surface area contributed by atoms with Crippen molar-refractivity contribution in [2.45, 2.75) is 32.3 Å². The van der Waals surface area contributed by atoms with Crippen molar-refractivity contribution < 1.29 is 9.84 Å². The summed E-state index contributed by atoms with van der Waals surface area (Å²) in [5.41, 5.74) is 1.50. The van der Waals surface area contributed by atoms with Gasteiger partial charge in [-0.2, -0.15) is 0 Å². The first-order valence-corrected chi connectivity index (χ1v) is 5.35. The molecule has 0 saturated carbocycles. The maximum absolute atomic E-state index is 9.77. The van der Waals surface area contributed by atoms with E-state index in [1.54, 1.807) is 21.0 Å². The molecule has 0 atom stereocenters. The fourth-order valence-corrected chi connectivity index (χ4v) is 1.50. The SMILES string of the molecule is COCCCc1ccc(C(C)(C)O)cc1. The Bertz CT molecular complexity index is 282. The van der Waals surface area contributed by atoms with Gasteiger partial charge in [0, 0.05) is 13.7 Å². The number of rotatable bonds is 5. The first-order chi connectivity index (χ1) is 7.04. The summed E-state index contributed by atoms with van der Waals surface area (Å²) in [5.74, 6) is 0. The van der Waals surface area contributed by atoms with E-state index >= 15 is 0 Å². The average Bonchev–Trinajstić information content (AvgIpc) is 2.18. The Labute approximate surface area is 91.9 Å². The summed E-state index contributed by atoms with van der Waals surface area (Å²) in [7, 11) is 1.72. The van der Waals surface area contributed by atoms with Crippen LogP contribution in [0.15, 0.2) is 24.3 Å². The molecule has 0 amide bonds. The van der Waals surface area contributed by atoms with Crippen LogP contribution >= 0.6 is 0 Å². The van der Waals surface area contributed by atoms with Crippen LogP contribution in [0.5, 0.6) is 0 Å². The molecular formula is C13H20O2. The minimum absolute atomic E-state index is 0.745. The molecule has 1 rings (SSSR count). The average molecular weight is 208 g/mol. The summed E-state index contributed by atoms with van der Waals surface area (Å²) in [6.07, 6.45) is 2.07. The lowest BCUT2D eigenvalue weighted by Gasteiger charge is -2.17. The molecule has 0 saturated heterocycles. The van der Waals surface area contributed by atoms with E-state index in [4.69, 9.17) is 4.74 Å². The summed E-state index contributed by atoms with van der Waals surface area (Å²) < 4.78 is 5.00. The molecule has 1 N–H and O–H groups in total. The van der Waals surface area contributed by atoms with Gasteiger partial charge in [-0.1, -0.05) is 24.3 Å². The Morgan fingerprint density at radius 3 is 2.27 bits per heavy atom. The van der Waals surface area contributed by atoms with Gasteiger partial charge in [-0.3, -0.25) is 0 Å². The molecule has 1 aromatic carbocycles. The molecule has 0 aromatic heterocycles. The smallest absolute Gasteiger partial charge is 0.0840 e. The highest BCUT2D eigenvalue weighted by Crippen LogP contribution is 2.19. The first-order valence-electron chi connectivity index (χ1n) is 5.35. The predicted octanol–water partition coefficient (Wildman–Crippen LogP) is 2.49. The van der Waals surface area contributed by atoms with Crippen molar-refractivity contribution in [3.05, 3.63) is 35.4 Å². The number of hydrogen-bond donors (Lipinski definition) is 1. The second-order valence-electron chi connectivity index (χ2n) is 4.35. The van der Waals surface area contributed by atoms with Crippen molar-refractivity contribution in [1.29, 1.82) is 0 Å². The van der Waals surface area contributed by atoms with Crippen LogP contribution in [0.3, 0.4) is 0 Å². The molecule has 0 unspecified atom stereocenters. The van der Waals surface area contributed by atoms with E-state index in [0.717, 1.165) is 25.0 Å². The molecule has 0 radical (unpaired) electrons. The minimum Gasteiger partial charge on any atom is -0.386 e. The van der Waals surface area contributed by atoms with Gasteiger partial charge < -0.3 is 9.84 Å². The molecule has 1 aromatic rings. The molecule has 0 aliphatic rings. The van der Waals surface area contributed by atoms with Gasteiger partial charge in [0.25, 0.3) is 0 Å². The van der Waals surface area contributed by atoms with Gasteiger partial charge in [0.1, 0.15) is 0 Å². The molecule has 84 valence electrons. The predicted molar refractivity (Wildman–Crippen MR) is 61.9 cm³/mol. The van der Waals surface area contributed by atoms with Gasteiger partial charge in [-0.15, -0.1) is 0 Å². The van der Waals surface area contributed by atoms with Crippen molar-refractivity contribution in [2.24, 2.45) is 0 Å². The van der Waals surface area contributed by atoms with Gasteiger partial charge in [0.05, 0.1) is 5.60 Å². The van der Waals surface area contributed by atoms with Gasteiger partial charge in [-0.05, 0) is 37.8 Å². The van der Waals surface area contributed by atoms with E-state index < -0.39 is 5.60 Å². The second-order valence-corrected chi connectivity index (χ2v) is 4.35. The Morgan fingerprint density at radius 2 is 1.80 bits per heavy atom. The van der Waals surface area contributed by atoms with Crippen LogP contribution in [0.25, 0.3) is 0 Å². The van der Waals surface area contributed by atoms with Gasteiger partial charge in [0.15, 0.2) is 0 Å². The number of hydrogen-bond acceptors (Lipinski definition) is 2. The highest BCUT2D eigenvalue weighted by Gasteiger charge is 2.14. The van der Waals surface area contributed by atoms with E-state index in [0.29, 0.717) is 0 Å². The summed E-state index contributed by atoms with van der Waals surface area (Å²) in [6, 6.07) is 8.12. The Kier molecular flexibility index (Phi) is 4.30. The highest BCUT2D eigenvalue weighted by atomic mass is 16.5. The monoisotopic (exact) mass is 208 g/mol. The molecule has 0 bridgehead atoms. The van der Waals surface area contributed by atoms with Gasteiger partial charge >= 0.3 is 0 Å². The fraction of sp³-hybridized carbons (Fsp3) is 0.538. The van der Waals surface area contributed by atoms with Crippen LogP contribution in [-0.2, 0) is 16.8 Å². The van der Waals surface area contributed by atoms with Crippen LogP contribution < -0.4 is 0 Å². The number of methoxy groups -OCH3 is 1. The summed E-state index contributed by atoms with van der Waals surface area (Å²) in [4.78, 5) is 0. The Morgan fingerprint density at radius 1 is 1.20 bits per heavy atom. The number of benzene rings is 1. The van der Waals surface area contributed by atoms with Crippen LogP contribution in [-0.4, -0.2) is 18.8 Å². The second kappa shape index (κ2) is 5.29. The maximum Gasteiger partial charge on any atom is 0.0840 e. The van der Waals surface area contributed by atoms with E-state index in [1.165, 1.54) is 5.56 Å². The molecule has 0 aliphatic heterocycles. The Hall–Kier alpha value is -0.860. The summed E-state index contributed by atoms with van der Waals surface area (Å²) >= 11 is 0. The van der Waals surface area contributed by atoms with Crippen molar-refractivity contribution in [3.8, 4) is 0 Å². The number of aliphatic hydroxyl groups is 1. The third-order valence-electron chi connectivity index (χ3n) is 2.47. The lowest BCUT2D eigenvalue weighted by molar-refractivity contribution is 0.0786. The summed E-state index contributed by atoms with van der Waals surface area (Å²) in [5, 5.41) is 9.77. The molecule has 2 heteroatoms. The van der Waals surface area contributed by atoms with Crippen LogP contribution in [0.4, 0.5) is 0 Å². The van der Waals surface area contributed by atoms with Crippen molar-refractivity contribution in [2.75, 3.05) is 13.7 Å². The van der Waals surface area contributed by atoms with Crippen molar-refractivity contribution in [1.82, 2.24) is 0 Å². The molecule has 0 spiro atoms. The molecule has 2 nitrogen and oxygen atoms in total. The standard InChI is InChI=1S/C13H20O2/c1-13(2,14)12-8-6-11(7-9-12)5-4-10-15-3/h6-9,14H,4-5,10H2,1-3H3. The van der Waals surface area contributed by atoms with Crippen LogP contribution in [0, 0.1) is 0 Å². The fourth-order valence-electron chi connectivity index (χ4n) is 1.50. The first kappa shape index (κ1) is 12.2. The number of aryl methyl sites for hydroxylation is 1. The van der Waals surface area contributed by atoms with Gasteiger partial charge in [0.2, 0.25) is 0 Å². The van der Waals surface area contributed by atoms with Crippen LogP contribution in [0.2, 0.25) is 0 Å². The molecule has 0 aliphatic carbocycles. The number of ether oxygens (including phenoxy) is 1. The largest absolute Gasteiger partial charge is 0.386 e. The molecule has 15 heavy (non-hydrogen) atoms. The third kappa shape index (κ3) is 4.02. The minimum atomic E-state index is -0.745. The zero-order chi connectivity index (χ0) is 11.3. The molecule has 0 fully saturated rings. The van der Waals surface area contributed by atoms with Crippen LogP contribution in [0.1, 0.15) is 31.4 Å². The lowest BCUT2D eigenvalue weighted by atomic mass is 9.96. The maximum atomic E-state index is 9.77. The van der Waals surface area contributed by atoms with E-state index in [-0.39, 0.29) is 0 Å². The van der Waals surface area contributed by atoms with Crippen molar-refractivity contribution >= 4 is 0 Å². The zero-order valence-electron chi connectivity index (χ0n) is 9.79. The molecular weight excluding hydrogens is 188 g/mol. The third-order valence-corrected chi connectivity index (χ3v) is 2.47. The van der Waals surface area contributed by atoms with Gasteiger partial charge in [-0.25, -0.2) is 0 Å². The Balaban J connectivity index is 2.57. The van der Waals surface area contributed by atoms with Crippen molar-refractivity contribution in [3.63, 3.8) is 0 Å². The lowest BCUT2D eigenvalue weighted by Crippen LogP contribution is -2.15. The van der Waals surface area contributed by atoms with E-state index in [1.807, 2.05) is 12.1 Å². The topological polar surface area (TPSA) is 29.5 Å². The highest BCUT2D eigenvalue weighted by molar-refractivity contribution is 5.26. The summed E-state index contributed by atoms with van der Waals surface area (Å²) in [6.45, 7) is 4.40. The quantitative estimate of drug-likeness (QED) is 0.753. The molecule has 0 heterocycles.